The first kappa shape index (κ1) is 12.2. The van der Waals surface area contributed by atoms with E-state index in [4.69, 9.17) is 4.74 Å². The zero-order chi connectivity index (χ0) is 12.8. The number of aryl methyl sites for hydroxylation is 3. The van der Waals surface area contributed by atoms with E-state index in [0.717, 1.165) is 16.9 Å². The zero-order valence-corrected chi connectivity index (χ0v) is 11.3. The van der Waals surface area contributed by atoms with E-state index in [1.807, 2.05) is 13.8 Å². The summed E-state index contributed by atoms with van der Waals surface area (Å²) in [5.41, 5.74) is 3.22. The van der Waals surface area contributed by atoms with Crippen LogP contribution in [0.15, 0.2) is 12.1 Å². The molecule has 92 valence electrons. The Bertz CT molecular complexity index is 449. The summed E-state index contributed by atoms with van der Waals surface area (Å²) in [6.45, 7) is 10.1. The minimum absolute atomic E-state index is 0.0232. The van der Waals surface area contributed by atoms with E-state index >= 15 is 0 Å². The number of rotatable bonds is 2. The summed E-state index contributed by atoms with van der Waals surface area (Å²) in [5, 5.41) is 0. The van der Waals surface area contributed by atoms with Gasteiger partial charge >= 0.3 is 0 Å². The van der Waals surface area contributed by atoms with Gasteiger partial charge in [0.2, 0.25) is 0 Å². The predicted molar refractivity (Wildman–Crippen MR) is 68.5 cm³/mol. The van der Waals surface area contributed by atoms with Crippen LogP contribution in [0.3, 0.4) is 0 Å². The molecule has 1 aromatic carbocycles. The van der Waals surface area contributed by atoms with Gasteiger partial charge in [-0.05, 0) is 45.7 Å². The zero-order valence-electron chi connectivity index (χ0n) is 11.3. The van der Waals surface area contributed by atoms with Crippen LogP contribution in [-0.2, 0) is 4.79 Å². The van der Waals surface area contributed by atoms with Crippen LogP contribution >= 0.6 is 0 Å². The quantitative estimate of drug-likeness (QED) is 0.781. The Kier molecular flexibility index (Phi) is 2.76. The SMILES string of the molecule is Cc1cc(C)c(OC2CC(=O)C2(C)C)c(C)c1. The van der Waals surface area contributed by atoms with Crippen LogP contribution in [0.5, 0.6) is 5.75 Å². The van der Waals surface area contributed by atoms with Crippen molar-refractivity contribution in [2.75, 3.05) is 0 Å². The molecule has 1 atom stereocenters. The van der Waals surface area contributed by atoms with E-state index in [9.17, 15) is 4.79 Å². The molecule has 0 aromatic heterocycles. The van der Waals surface area contributed by atoms with Crippen LogP contribution < -0.4 is 4.74 Å². The minimum Gasteiger partial charge on any atom is -0.488 e. The topological polar surface area (TPSA) is 26.3 Å². The Hall–Kier alpha value is -1.31. The monoisotopic (exact) mass is 232 g/mol. The van der Waals surface area contributed by atoms with Gasteiger partial charge in [-0.2, -0.15) is 0 Å². The average molecular weight is 232 g/mol. The predicted octanol–water partition coefficient (Wildman–Crippen LogP) is 3.36. The number of benzene rings is 1. The van der Waals surface area contributed by atoms with E-state index in [1.54, 1.807) is 0 Å². The molecule has 0 bridgehead atoms. The standard InChI is InChI=1S/C15H20O2/c1-9-6-10(2)14(11(3)7-9)17-13-8-12(16)15(13,4)5/h6-7,13H,8H2,1-5H3. The highest BCUT2D eigenvalue weighted by Gasteiger charge is 2.49. The van der Waals surface area contributed by atoms with Crippen molar-refractivity contribution in [3.63, 3.8) is 0 Å². The molecule has 0 heterocycles. The fourth-order valence-electron chi connectivity index (χ4n) is 2.42. The van der Waals surface area contributed by atoms with Crippen molar-refractivity contribution in [2.24, 2.45) is 5.41 Å². The Morgan fingerprint density at radius 2 is 1.71 bits per heavy atom. The largest absolute Gasteiger partial charge is 0.488 e. The van der Waals surface area contributed by atoms with Crippen LogP contribution in [0.4, 0.5) is 0 Å². The van der Waals surface area contributed by atoms with Gasteiger partial charge in [-0.1, -0.05) is 17.7 Å². The number of Topliss-reactive ketones (excluding diaryl/α,β-unsaturated/α-hetero) is 1. The normalized spacial score (nSPS) is 22.2. The molecule has 2 rings (SSSR count). The molecule has 1 aliphatic carbocycles. The van der Waals surface area contributed by atoms with Gasteiger partial charge in [-0.3, -0.25) is 4.79 Å². The maximum atomic E-state index is 11.5. The number of ether oxygens (including phenoxy) is 1. The summed E-state index contributed by atoms with van der Waals surface area (Å²) >= 11 is 0. The molecule has 1 saturated carbocycles. The number of hydrogen-bond acceptors (Lipinski definition) is 2. The lowest BCUT2D eigenvalue weighted by Gasteiger charge is -2.42. The fraction of sp³-hybridized carbons (Fsp3) is 0.533. The van der Waals surface area contributed by atoms with Gasteiger partial charge < -0.3 is 4.74 Å². The average Bonchev–Trinajstić information content (AvgIpc) is 2.21. The molecular formula is C15H20O2. The first-order chi connectivity index (χ1) is 7.82. The summed E-state index contributed by atoms with van der Waals surface area (Å²) in [6, 6.07) is 4.24. The van der Waals surface area contributed by atoms with E-state index in [-0.39, 0.29) is 11.5 Å². The van der Waals surface area contributed by atoms with Crippen LogP contribution in [0.1, 0.15) is 37.0 Å². The Balaban J connectivity index is 2.24. The van der Waals surface area contributed by atoms with Gasteiger partial charge in [-0.15, -0.1) is 0 Å². The van der Waals surface area contributed by atoms with Crippen LogP contribution in [-0.4, -0.2) is 11.9 Å². The molecule has 0 radical (unpaired) electrons. The minimum atomic E-state index is -0.330. The molecule has 1 fully saturated rings. The van der Waals surface area contributed by atoms with Gasteiger partial charge in [-0.25, -0.2) is 0 Å². The van der Waals surface area contributed by atoms with Crippen molar-refractivity contribution in [3.05, 3.63) is 28.8 Å². The maximum absolute atomic E-state index is 11.5. The number of carbonyl (C=O) groups is 1. The molecule has 2 nitrogen and oxygen atoms in total. The van der Waals surface area contributed by atoms with Crippen LogP contribution in [0, 0.1) is 26.2 Å². The molecule has 0 aliphatic heterocycles. The first-order valence-corrected chi connectivity index (χ1v) is 6.10. The van der Waals surface area contributed by atoms with Crippen molar-refractivity contribution < 1.29 is 9.53 Å². The third kappa shape index (κ3) is 1.97. The van der Waals surface area contributed by atoms with Gasteiger partial charge in [0.15, 0.2) is 0 Å². The van der Waals surface area contributed by atoms with Gasteiger partial charge in [0.1, 0.15) is 17.6 Å². The summed E-state index contributed by atoms with van der Waals surface area (Å²) < 4.78 is 6.03. The van der Waals surface area contributed by atoms with Gasteiger partial charge in [0, 0.05) is 6.42 Å². The lowest BCUT2D eigenvalue weighted by molar-refractivity contribution is -0.148. The highest BCUT2D eigenvalue weighted by Crippen LogP contribution is 2.40. The third-order valence-corrected chi connectivity index (χ3v) is 3.76. The molecule has 0 spiro atoms. The highest BCUT2D eigenvalue weighted by atomic mass is 16.5. The molecule has 0 N–H and O–H groups in total. The van der Waals surface area contributed by atoms with E-state index in [0.29, 0.717) is 12.2 Å². The number of carbonyl (C=O) groups excluding carboxylic acids is 1. The Morgan fingerprint density at radius 3 is 2.12 bits per heavy atom. The lowest BCUT2D eigenvalue weighted by Crippen LogP contribution is -2.53. The Labute approximate surface area is 103 Å². The van der Waals surface area contributed by atoms with E-state index in [2.05, 4.69) is 32.9 Å². The smallest absolute Gasteiger partial charge is 0.145 e. The molecule has 2 heteroatoms. The van der Waals surface area contributed by atoms with Crippen molar-refractivity contribution >= 4 is 5.78 Å². The highest BCUT2D eigenvalue weighted by molar-refractivity contribution is 5.91. The van der Waals surface area contributed by atoms with E-state index in [1.165, 1.54) is 5.56 Å². The van der Waals surface area contributed by atoms with Gasteiger partial charge in [0.05, 0.1) is 5.41 Å². The van der Waals surface area contributed by atoms with Crippen LogP contribution in [0.25, 0.3) is 0 Å². The number of ketones is 1. The van der Waals surface area contributed by atoms with Crippen LogP contribution in [0.2, 0.25) is 0 Å². The maximum Gasteiger partial charge on any atom is 0.145 e. The summed E-state index contributed by atoms with van der Waals surface area (Å²) in [7, 11) is 0. The molecule has 1 unspecified atom stereocenters. The first-order valence-electron chi connectivity index (χ1n) is 6.10. The second-order valence-electron chi connectivity index (χ2n) is 5.68. The second kappa shape index (κ2) is 3.86. The van der Waals surface area contributed by atoms with Crippen molar-refractivity contribution in [1.29, 1.82) is 0 Å². The summed E-state index contributed by atoms with van der Waals surface area (Å²) in [5.74, 6) is 1.24. The molecular weight excluding hydrogens is 212 g/mol. The van der Waals surface area contributed by atoms with Crippen molar-refractivity contribution in [2.45, 2.75) is 47.1 Å². The Morgan fingerprint density at radius 1 is 1.18 bits per heavy atom. The molecule has 0 saturated heterocycles. The molecule has 1 aliphatic rings. The second-order valence-corrected chi connectivity index (χ2v) is 5.68. The summed E-state index contributed by atoms with van der Waals surface area (Å²) in [6.07, 6.45) is 0.565. The molecule has 17 heavy (non-hydrogen) atoms. The molecule has 1 aromatic rings. The fourth-order valence-corrected chi connectivity index (χ4v) is 2.42. The van der Waals surface area contributed by atoms with Gasteiger partial charge in [0.25, 0.3) is 0 Å². The number of hydrogen-bond donors (Lipinski definition) is 0. The van der Waals surface area contributed by atoms with Crippen molar-refractivity contribution in [3.8, 4) is 5.75 Å². The summed E-state index contributed by atoms with van der Waals surface area (Å²) in [4.78, 5) is 11.5. The molecule has 0 amide bonds. The van der Waals surface area contributed by atoms with Crippen molar-refractivity contribution in [1.82, 2.24) is 0 Å². The lowest BCUT2D eigenvalue weighted by atomic mass is 9.68. The third-order valence-electron chi connectivity index (χ3n) is 3.76. The van der Waals surface area contributed by atoms with E-state index < -0.39 is 0 Å².